The summed E-state index contributed by atoms with van der Waals surface area (Å²) in [5, 5.41) is 6.76. The van der Waals surface area contributed by atoms with Crippen molar-refractivity contribution in [3.63, 3.8) is 0 Å². The molecule has 0 spiro atoms. The van der Waals surface area contributed by atoms with Gasteiger partial charge >= 0.3 is 0 Å². The number of Topliss-reactive ketones (excluding diaryl/α,β-unsaturated/α-hetero) is 1. The number of dihydropyridines is 1. The Kier molecular flexibility index (Phi) is 5.48. The second kappa shape index (κ2) is 7.97. The van der Waals surface area contributed by atoms with Crippen LogP contribution in [0.4, 0.5) is 10.1 Å². The van der Waals surface area contributed by atoms with Crippen molar-refractivity contribution in [2.75, 3.05) is 5.32 Å². The summed E-state index contributed by atoms with van der Waals surface area (Å²) < 4.78 is 13.3. The van der Waals surface area contributed by atoms with Crippen LogP contribution in [0.1, 0.15) is 45.1 Å². The Morgan fingerprint density at radius 3 is 2.39 bits per heavy atom. The molecule has 1 amide bonds. The van der Waals surface area contributed by atoms with E-state index in [1.165, 1.54) is 24.3 Å². The molecule has 1 aliphatic carbocycles. The molecule has 0 radical (unpaired) electrons. The Balaban J connectivity index is 1.79. The Morgan fingerprint density at radius 2 is 1.74 bits per heavy atom. The van der Waals surface area contributed by atoms with Gasteiger partial charge in [0.1, 0.15) is 5.82 Å². The molecule has 2 aromatic rings. The Labute approximate surface area is 186 Å². The highest BCUT2D eigenvalue weighted by atomic mass is 35.5. The molecule has 160 valence electrons. The fourth-order valence-corrected chi connectivity index (χ4v) is 4.58. The van der Waals surface area contributed by atoms with Gasteiger partial charge in [-0.25, -0.2) is 4.39 Å². The number of rotatable bonds is 3. The van der Waals surface area contributed by atoms with Gasteiger partial charge in [-0.2, -0.15) is 0 Å². The first-order valence-electron chi connectivity index (χ1n) is 10.2. The van der Waals surface area contributed by atoms with Crippen molar-refractivity contribution >= 4 is 29.0 Å². The van der Waals surface area contributed by atoms with Gasteiger partial charge < -0.3 is 10.6 Å². The minimum Gasteiger partial charge on any atom is -0.362 e. The molecule has 0 fully saturated rings. The maximum absolute atomic E-state index is 13.4. The molecule has 4 rings (SSSR count). The van der Waals surface area contributed by atoms with Gasteiger partial charge in [-0.05, 0) is 60.7 Å². The second-order valence-electron chi connectivity index (χ2n) is 8.94. The molecule has 0 unspecified atom stereocenters. The van der Waals surface area contributed by atoms with Crippen LogP contribution >= 0.6 is 11.6 Å². The summed E-state index contributed by atoms with van der Waals surface area (Å²) in [5.74, 6) is -1.17. The van der Waals surface area contributed by atoms with Gasteiger partial charge in [0, 0.05) is 45.6 Å². The zero-order valence-electron chi connectivity index (χ0n) is 17.7. The lowest BCUT2D eigenvalue weighted by Gasteiger charge is -2.39. The first-order valence-corrected chi connectivity index (χ1v) is 10.6. The van der Waals surface area contributed by atoms with Crippen LogP contribution in [0.2, 0.25) is 5.02 Å². The number of ketones is 1. The molecule has 0 saturated carbocycles. The summed E-state index contributed by atoms with van der Waals surface area (Å²) >= 11 is 6.09. The number of amides is 1. The molecule has 4 nitrogen and oxygen atoms in total. The van der Waals surface area contributed by atoms with E-state index in [1.807, 2.05) is 19.1 Å². The number of carbonyl (C=O) groups excluding carboxylic acids is 2. The maximum Gasteiger partial charge on any atom is 0.254 e. The van der Waals surface area contributed by atoms with Gasteiger partial charge in [-0.3, -0.25) is 9.59 Å². The fraction of sp³-hybridized carbons (Fsp3) is 0.280. The summed E-state index contributed by atoms with van der Waals surface area (Å²) in [6.45, 7) is 5.99. The van der Waals surface area contributed by atoms with Crippen molar-refractivity contribution in [1.29, 1.82) is 0 Å². The van der Waals surface area contributed by atoms with Crippen molar-refractivity contribution < 1.29 is 14.0 Å². The van der Waals surface area contributed by atoms with Crippen LogP contribution in [0.5, 0.6) is 0 Å². The van der Waals surface area contributed by atoms with Crippen molar-refractivity contribution in [2.45, 2.75) is 39.5 Å². The normalized spacial score (nSPS) is 20.3. The molecule has 1 aliphatic heterocycles. The number of allylic oxidation sites excluding steroid dienone is 3. The van der Waals surface area contributed by atoms with Gasteiger partial charge in [0.2, 0.25) is 0 Å². The third-order valence-corrected chi connectivity index (χ3v) is 6.04. The highest BCUT2D eigenvalue weighted by Gasteiger charge is 2.42. The van der Waals surface area contributed by atoms with Crippen LogP contribution in [0.25, 0.3) is 0 Å². The topological polar surface area (TPSA) is 58.2 Å². The fourth-order valence-electron chi connectivity index (χ4n) is 4.46. The molecule has 0 saturated heterocycles. The number of anilines is 1. The molecule has 0 aromatic heterocycles. The van der Waals surface area contributed by atoms with E-state index >= 15 is 0 Å². The number of hydrogen-bond acceptors (Lipinski definition) is 3. The quantitative estimate of drug-likeness (QED) is 0.644. The lowest BCUT2D eigenvalue weighted by atomic mass is 9.68. The molecule has 0 bridgehead atoms. The third-order valence-electron chi connectivity index (χ3n) is 5.79. The van der Waals surface area contributed by atoms with E-state index in [-0.39, 0.29) is 22.9 Å². The van der Waals surface area contributed by atoms with E-state index in [4.69, 9.17) is 11.6 Å². The first kappa shape index (κ1) is 21.3. The van der Waals surface area contributed by atoms with E-state index in [0.717, 1.165) is 17.7 Å². The monoisotopic (exact) mass is 438 g/mol. The molecule has 6 heteroatoms. The zero-order valence-corrected chi connectivity index (χ0v) is 18.4. The SMILES string of the molecule is CC1=C(C(=O)Nc2ccc(F)cc2)[C@@H](c2ccc(Cl)cc2)C2=C(CC(C)(C)CC2=O)N1. The highest BCUT2D eigenvalue weighted by molar-refractivity contribution is 6.30. The van der Waals surface area contributed by atoms with Crippen LogP contribution in [-0.2, 0) is 9.59 Å². The summed E-state index contributed by atoms with van der Waals surface area (Å²) in [6, 6.07) is 12.8. The Morgan fingerprint density at radius 1 is 1.10 bits per heavy atom. The summed E-state index contributed by atoms with van der Waals surface area (Å²) in [7, 11) is 0. The predicted octanol–water partition coefficient (Wildman–Crippen LogP) is 5.72. The van der Waals surface area contributed by atoms with Crippen LogP contribution in [0.3, 0.4) is 0 Å². The number of benzene rings is 2. The Bertz CT molecular complexity index is 1120. The number of carbonyl (C=O) groups is 2. The van der Waals surface area contributed by atoms with Gasteiger partial charge in [0.25, 0.3) is 5.91 Å². The highest BCUT2D eigenvalue weighted by Crippen LogP contribution is 2.46. The minimum absolute atomic E-state index is 0.0401. The predicted molar refractivity (Wildman–Crippen MR) is 120 cm³/mol. The average molecular weight is 439 g/mol. The lowest BCUT2D eigenvalue weighted by molar-refractivity contribution is -0.118. The van der Waals surface area contributed by atoms with Gasteiger partial charge in [0.05, 0.1) is 0 Å². The minimum atomic E-state index is -0.502. The molecular formula is C25H24ClFN2O2. The van der Waals surface area contributed by atoms with E-state index in [1.54, 1.807) is 12.1 Å². The summed E-state index contributed by atoms with van der Waals surface area (Å²) in [4.78, 5) is 26.6. The van der Waals surface area contributed by atoms with Crippen LogP contribution in [0, 0.1) is 11.2 Å². The van der Waals surface area contributed by atoms with Gasteiger partial charge in [0.15, 0.2) is 5.78 Å². The van der Waals surface area contributed by atoms with E-state index in [2.05, 4.69) is 24.5 Å². The van der Waals surface area contributed by atoms with Crippen molar-refractivity contribution in [2.24, 2.45) is 5.41 Å². The molecule has 2 aromatic carbocycles. The van der Waals surface area contributed by atoms with Crippen molar-refractivity contribution in [3.8, 4) is 0 Å². The standard InChI is InChI=1S/C25H24ClFN2O2/c1-14-21(24(31)29-18-10-8-17(27)9-11-18)22(15-4-6-16(26)7-5-15)23-19(28-14)12-25(2,3)13-20(23)30/h4-11,22,28H,12-13H2,1-3H3,(H,29,31)/t22-/m1/s1. The van der Waals surface area contributed by atoms with Gasteiger partial charge in [-0.1, -0.05) is 37.6 Å². The Hall–Kier alpha value is -2.92. The van der Waals surface area contributed by atoms with E-state index in [0.29, 0.717) is 34.0 Å². The van der Waals surface area contributed by atoms with Crippen molar-refractivity contribution in [3.05, 3.63) is 87.5 Å². The van der Waals surface area contributed by atoms with Crippen LogP contribution < -0.4 is 10.6 Å². The van der Waals surface area contributed by atoms with Crippen LogP contribution in [0.15, 0.2) is 71.1 Å². The van der Waals surface area contributed by atoms with E-state index < -0.39 is 5.92 Å². The molecule has 31 heavy (non-hydrogen) atoms. The molecule has 1 atom stereocenters. The second-order valence-corrected chi connectivity index (χ2v) is 9.38. The number of halogens is 2. The molecule has 2 aliphatic rings. The lowest BCUT2D eigenvalue weighted by Crippen LogP contribution is -2.39. The molecule has 2 N–H and O–H groups in total. The number of nitrogens with one attached hydrogen (secondary N) is 2. The van der Waals surface area contributed by atoms with Crippen LogP contribution in [-0.4, -0.2) is 11.7 Å². The first-order chi connectivity index (χ1) is 14.6. The molecule has 1 heterocycles. The largest absolute Gasteiger partial charge is 0.362 e. The number of hydrogen-bond donors (Lipinski definition) is 2. The molecular weight excluding hydrogens is 415 g/mol. The maximum atomic E-state index is 13.4. The summed E-state index contributed by atoms with van der Waals surface area (Å²) in [5.41, 5.74) is 3.84. The zero-order chi connectivity index (χ0) is 22.3. The third kappa shape index (κ3) is 4.28. The van der Waals surface area contributed by atoms with E-state index in [9.17, 15) is 14.0 Å². The van der Waals surface area contributed by atoms with Gasteiger partial charge in [-0.15, -0.1) is 0 Å². The average Bonchev–Trinajstić information content (AvgIpc) is 2.68. The smallest absolute Gasteiger partial charge is 0.254 e. The van der Waals surface area contributed by atoms with Crippen molar-refractivity contribution in [1.82, 2.24) is 5.32 Å². The summed E-state index contributed by atoms with van der Waals surface area (Å²) in [6.07, 6.45) is 1.14.